The molecule has 3 aromatic rings. The second kappa shape index (κ2) is 9.44. The van der Waals surface area contributed by atoms with Gasteiger partial charge in [-0.3, -0.25) is 4.79 Å². The number of anilines is 3. The summed E-state index contributed by atoms with van der Waals surface area (Å²) in [6.45, 7) is 3.69. The van der Waals surface area contributed by atoms with Gasteiger partial charge in [-0.25, -0.2) is 25.2 Å². The normalized spacial score (nSPS) is 16.9. The molecule has 34 heavy (non-hydrogen) atoms. The number of thiophene rings is 1. The lowest BCUT2D eigenvalue weighted by atomic mass is 9.94. The molecule has 0 unspecified atom stereocenters. The van der Waals surface area contributed by atoms with Crippen LogP contribution in [-0.2, 0) is 0 Å². The van der Waals surface area contributed by atoms with Crippen LogP contribution >= 0.6 is 11.3 Å². The SMILES string of the molecule is CN(C)C(=O)c1sc2cnc(N(N)c3ccc(N4CCNCC4)cn3)c(F)c2c1C1CCCC1. The van der Waals surface area contributed by atoms with Crippen molar-refractivity contribution < 1.29 is 9.18 Å². The summed E-state index contributed by atoms with van der Waals surface area (Å²) in [5, 5.41) is 5.00. The first-order valence-electron chi connectivity index (χ1n) is 11.7. The number of nitrogens with zero attached hydrogens (tertiary/aromatic N) is 5. The summed E-state index contributed by atoms with van der Waals surface area (Å²) in [6, 6.07) is 3.74. The van der Waals surface area contributed by atoms with E-state index in [1.807, 2.05) is 6.07 Å². The van der Waals surface area contributed by atoms with E-state index >= 15 is 4.39 Å². The zero-order chi connectivity index (χ0) is 23.8. The molecule has 5 rings (SSSR count). The Morgan fingerprint density at radius 2 is 1.91 bits per heavy atom. The van der Waals surface area contributed by atoms with Crippen molar-refractivity contribution in [3.63, 3.8) is 0 Å². The molecule has 2 aliphatic rings. The molecule has 3 N–H and O–H groups in total. The van der Waals surface area contributed by atoms with Crippen molar-refractivity contribution in [2.24, 2.45) is 5.84 Å². The van der Waals surface area contributed by atoms with E-state index in [9.17, 15) is 4.79 Å². The number of rotatable bonds is 5. The van der Waals surface area contributed by atoms with Gasteiger partial charge in [0.15, 0.2) is 11.6 Å². The maximum atomic E-state index is 16.0. The van der Waals surface area contributed by atoms with E-state index in [0.717, 1.165) is 63.1 Å². The monoisotopic (exact) mass is 483 g/mol. The van der Waals surface area contributed by atoms with Crippen LogP contribution in [0.25, 0.3) is 10.1 Å². The Hall–Kier alpha value is -2.82. The van der Waals surface area contributed by atoms with E-state index in [1.165, 1.54) is 16.3 Å². The zero-order valence-corrected chi connectivity index (χ0v) is 20.4. The van der Waals surface area contributed by atoms with Crippen molar-refractivity contribution in [2.45, 2.75) is 31.6 Å². The molecule has 4 heterocycles. The van der Waals surface area contributed by atoms with Crippen LogP contribution in [0.5, 0.6) is 0 Å². The first-order chi connectivity index (χ1) is 16.5. The fourth-order valence-corrected chi connectivity index (χ4v) is 6.22. The Labute approximate surface area is 202 Å². The Bertz CT molecular complexity index is 1180. The van der Waals surface area contributed by atoms with Crippen LogP contribution in [0.1, 0.15) is 46.8 Å². The molecule has 10 heteroatoms. The van der Waals surface area contributed by atoms with Crippen LogP contribution < -0.4 is 21.1 Å². The highest BCUT2D eigenvalue weighted by Crippen LogP contribution is 2.45. The first-order valence-corrected chi connectivity index (χ1v) is 12.6. The molecule has 0 atom stereocenters. The average Bonchev–Trinajstić information content (AvgIpc) is 3.52. The first kappa shape index (κ1) is 22.9. The molecule has 180 valence electrons. The van der Waals surface area contributed by atoms with E-state index in [0.29, 0.717) is 20.8 Å². The smallest absolute Gasteiger partial charge is 0.263 e. The fourth-order valence-electron chi connectivity index (χ4n) is 4.94. The van der Waals surface area contributed by atoms with Gasteiger partial charge in [0.25, 0.3) is 5.91 Å². The molecule has 1 saturated carbocycles. The van der Waals surface area contributed by atoms with Gasteiger partial charge in [-0.15, -0.1) is 11.3 Å². The average molecular weight is 484 g/mol. The summed E-state index contributed by atoms with van der Waals surface area (Å²) in [5.41, 5.74) is 1.82. The van der Waals surface area contributed by atoms with E-state index in [-0.39, 0.29) is 17.6 Å². The summed E-state index contributed by atoms with van der Waals surface area (Å²) in [7, 11) is 3.45. The largest absolute Gasteiger partial charge is 0.368 e. The van der Waals surface area contributed by atoms with Gasteiger partial charge >= 0.3 is 0 Å². The van der Waals surface area contributed by atoms with Crippen molar-refractivity contribution in [1.82, 2.24) is 20.2 Å². The van der Waals surface area contributed by atoms with E-state index in [2.05, 4.69) is 20.2 Å². The predicted molar refractivity (Wildman–Crippen MR) is 134 cm³/mol. The van der Waals surface area contributed by atoms with Crippen LogP contribution in [0.4, 0.5) is 21.7 Å². The van der Waals surface area contributed by atoms with Gasteiger partial charge in [-0.2, -0.15) is 0 Å². The van der Waals surface area contributed by atoms with E-state index in [4.69, 9.17) is 5.84 Å². The van der Waals surface area contributed by atoms with Crippen LogP contribution in [0.3, 0.4) is 0 Å². The number of hydrogen-bond donors (Lipinski definition) is 2. The van der Waals surface area contributed by atoms with Gasteiger partial charge in [0.05, 0.1) is 21.5 Å². The summed E-state index contributed by atoms with van der Waals surface area (Å²) >= 11 is 1.32. The second-order valence-corrected chi connectivity index (χ2v) is 10.2. The number of fused-ring (bicyclic) bond motifs is 1. The lowest BCUT2D eigenvalue weighted by Crippen LogP contribution is -2.43. The maximum Gasteiger partial charge on any atom is 0.263 e. The molecule has 1 aliphatic heterocycles. The molecule has 0 bridgehead atoms. The standard InChI is InChI=1S/C24H30FN7OS/c1-30(2)24(33)22-19(15-5-3-4-6-15)20-17(34-22)14-29-23(21(20)25)32(26)18-8-7-16(13-28-18)31-11-9-27-10-12-31/h7-8,13-15,27H,3-6,9-12,26H2,1-2H3. The van der Waals surface area contributed by atoms with Crippen LogP contribution in [0, 0.1) is 5.82 Å². The molecule has 1 amide bonds. The van der Waals surface area contributed by atoms with Gasteiger partial charge in [-0.05, 0) is 36.5 Å². The van der Waals surface area contributed by atoms with E-state index < -0.39 is 5.82 Å². The van der Waals surface area contributed by atoms with Gasteiger partial charge in [-0.1, -0.05) is 12.8 Å². The van der Waals surface area contributed by atoms with Crippen LogP contribution in [-0.4, -0.2) is 61.0 Å². The minimum atomic E-state index is -0.496. The number of amides is 1. The number of carbonyl (C=O) groups excluding carboxylic acids is 1. The number of nitrogens with two attached hydrogens (primary N) is 1. The van der Waals surface area contributed by atoms with Crippen molar-refractivity contribution in [3.05, 3.63) is 40.8 Å². The van der Waals surface area contributed by atoms with E-state index in [1.54, 1.807) is 37.5 Å². The molecule has 1 aliphatic carbocycles. The summed E-state index contributed by atoms with van der Waals surface area (Å²) in [5.74, 6) is 6.32. The van der Waals surface area contributed by atoms with Crippen molar-refractivity contribution in [3.8, 4) is 0 Å². The molecule has 8 nitrogen and oxygen atoms in total. The highest BCUT2D eigenvalue weighted by molar-refractivity contribution is 7.21. The number of hydrazine groups is 1. The third-order valence-electron chi connectivity index (χ3n) is 6.75. The van der Waals surface area contributed by atoms with Gasteiger partial charge < -0.3 is 15.1 Å². The highest BCUT2D eigenvalue weighted by Gasteiger charge is 2.31. The molecule has 1 saturated heterocycles. The molecule has 3 aromatic heterocycles. The number of hydrogen-bond acceptors (Lipinski definition) is 8. The van der Waals surface area contributed by atoms with Gasteiger partial charge in [0.2, 0.25) is 0 Å². The summed E-state index contributed by atoms with van der Waals surface area (Å²) < 4.78 is 16.7. The van der Waals surface area contributed by atoms with Crippen molar-refractivity contribution in [1.29, 1.82) is 0 Å². The maximum absolute atomic E-state index is 16.0. The lowest BCUT2D eigenvalue weighted by molar-refractivity contribution is 0.0831. The second-order valence-electron chi connectivity index (χ2n) is 9.14. The molecule has 0 radical (unpaired) electrons. The van der Waals surface area contributed by atoms with Gasteiger partial charge in [0, 0.05) is 51.9 Å². The molecular formula is C24H30FN7OS. The van der Waals surface area contributed by atoms with Crippen LogP contribution in [0.15, 0.2) is 24.5 Å². The Morgan fingerprint density at radius 3 is 2.56 bits per heavy atom. The topological polar surface area (TPSA) is 90.6 Å². The Balaban J connectivity index is 1.53. The zero-order valence-electron chi connectivity index (χ0n) is 19.6. The van der Waals surface area contributed by atoms with Gasteiger partial charge in [0.1, 0.15) is 5.82 Å². The van der Waals surface area contributed by atoms with Crippen molar-refractivity contribution >= 4 is 44.7 Å². The molecule has 0 aromatic carbocycles. The lowest BCUT2D eigenvalue weighted by Gasteiger charge is -2.29. The Morgan fingerprint density at radius 1 is 1.18 bits per heavy atom. The number of pyridine rings is 2. The summed E-state index contributed by atoms with van der Waals surface area (Å²) in [4.78, 5) is 26.2. The number of nitrogens with one attached hydrogen (secondary N) is 1. The number of carbonyl (C=O) groups is 1. The number of piperazine rings is 1. The molecular weight excluding hydrogens is 453 g/mol. The van der Waals surface area contributed by atoms with Crippen LogP contribution in [0.2, 0.25) is 0 Å². The predicted octanol–water partition coefficient (Wildman–Crippen LogP) is 3.61. The number of halogens is 1. The third kappa shape index (κ3) is 4.10. The van der Waals surface area contributed by atoms with Crippen molar-refractivity contribution in [2.75, 3.05) is 50.2 Å². The molecule has 0 spiro atoms. The minimum absolute atomic E-state index is 0.0100. The quantitative estimate of drug-likeness (QED) is 0.423. The highest BCUT2D eigenvalue weighted by atomic mass is 32.1. The fraction of sp³-hybridized carbons (Fsp3) is 0.458. The minimum Gasteiger partial charge on any atom is -0.368 e. The Kier molecular flexibility index (Phi) is 6.37. The third-order valence-corrected chi connectivity index (χ3v) is 7.87. The number of aromatic nitrogens is 2. The molecule has 2 fully saturated rings. The summed E-state index contributed by atoms with van der Waals surface area (Å²) in [6.07, 6.45) is 7.47.